The molecule has 2 aromatic rings. The molecule has 0 saturated carbocycles. The van der Waals surface area contributed by atoms with Gasteiger partial charge in [0.25, 0.3) is 0 Å². The van der Waals surface area contributed by atoms with Crippen LogP contribution in [0.25, 0.3) is 0 Å². The summed E-state index contributed by atoms with van der Waals surface area (Å²) in [6.07, 6.45) is 1.41. The van der Waals surface area contributed by atoms with Crippen LogP contribution in [0.15, 0.2) is 35.2 Å². The van der Waals surface area contributed by atoms with Crippen LogP contribution in [0.5, 0.6) is 0 Å². The van der Waals surface area contributed by atoms with Crippen molar-refractivity contribution in [3.05, 3.63) is 42.0 Å². The Balaban J connectivity index is 1.40. The summed E-state index contributed by atoms with van der Waals surface area (Å²) in [7, 11) is 0. The van der Waals surface area contributed by atoms with Crippen molar-refractivity contribution < 1.29 is 14.3 Å². The molecule has 2 atom stereocenters. The monoisotopic (exact) mass is 457 g/mol. The number of rotatable bonds is 7. The molecule has 9 heteroatoms. The lowest BCUT2D eigenvalue weighted by Gasteiger charge is -2.24. The number of nitrogens with zero attached hydrogens (tertiary/aromatic N) is 4. The maximum Gasteiger partial charge on any atom is 0.233 e. The van der Waals surface area contributed by atoms with E-state index in [1.54, 1.807) is 11.8 Å². The maximum atomic E-state index is 12.8. The van der Waals surface area contributed by atoms with Crippen molar-refractivity contribution in [2.45, 2.75) is 44.2 Å². The average Bonchev–Trinajstić information content (AvgIpc) is 3.42. The summed E-state index contributed by atoms with van der Waals surface area (Å²) >= 11 is 1.56. The first-order valence-corrected chi connectivity index (χ1v) is 12.3. The van der Waals surface area contributed by atoms with Crippen LogP contribution in [0.1, 0.15) is 38.0 Å². The quantitative estimate of drug-likeness (QED) is 0.642. The van der Waals surface area contributed by atoms with Crippen molar-refractivity contribution in [1.29, 1.82) is 0 Å². The highest BCUT2D eigenvalue weighted by Gasteiger charge is 2.31. The molecule has 8 nitrogen and oxygen atoms in total. The standard InChI is InChI=1S/C23H31N5O3S/c1-16(2)21(24-23(30)17-9-13-31-14-17)22-26-25-19-8-10-27(11-12-28(19)22)20(29)15-32-18-6-4-3-5-7-18/h3-7,16-17,21H,8-15H2,1-2H3,(H,24,30)/t17-,21+/m1/s1. The third-order valence-electron chi connectivity index (χ3n) is 6.06. The largest absolute Gasteiger partial charge is 0.381 e. The Morgan fingerprint density at radius 1 is 1.19 bits per heavy atom. The predicted octanol–water partition coefficient (Wildman–Crippen LogP) is 2.30. The fraction of sp³-hybridized carbons (Fsp3) is 0.565. The summed E-state index contributed by atoms with van der Waals surface area (Å²) < 4.78 is 7.46. The Morgan fingerprint density at radius 2 is 2.00 bits per heavy atom. The zero-order valence-electron chi connectivity index (χ0n) is 18.7. The predicted molar refractivity (Wildman–Crippen MR) is 122 cm³/mol. The summed E-state index contributed by atoms with van der Waals surface area (Å²) in [4.78, 5) is 28.5. The zero-order chi connectivity index (χ0) is 22.5. The van der Waals surface area contributed by atoms with Gasteiger partial charge < -0.3 is 19.5 Å². The molecule has 0 aliphatic carbocycles. The highest BCUT2D eigenvalue weighted by Crippen LogP contribution is 2.25. The maximum absolute atomic E-state index is 12.8. The van der Waals surface area contributed by atoms with Gasteiger partial charge in [0.1, 0.15) is 5.82 Å². The van der Waals surface area contributed by atoms with E-state index in [0.29, 0.717) is 45.0 Å². The molecule has 3 heterocycles. The minimum atomic E-state index is -0.222. The number of carbonyl (C=O) groups excluding carboxylic acids is 2. The second-order valence-electron chi connectivity index (χ2n) is 8.65. The number of carbonyl (C=O) groups is 2. The molecule has 1 N–H and O–H groups in total. The third-order valence-corrected chi connectivity index (χ3v) is 7.05. The Labute approximate surface area is 193 Å². The molecule has 1 aromatic carbocycles. The highest BCUT2D eigenvalue weighted by molar-refractivity contribution is 8.00. The molecule has 1 fully saturated rings. The van der Waals surface area contributed by atoms with Crippen LogP contribution in [-0.4, -0.2) is 63.5 Å². The van der Waals surface area contributed by atoms with Crippen LogP contribution in [0, 0.1) is 11.8 Å². The van der Waals surface area contributed by atoms with E-state index in [1.165, 1.54) is 0 Å². The fourth-order valence-electron chi connectivity index (χ4n) is 4.12. The molecule has 32 heavy (non-hydrogen) atoms. The minimum absolute atomic E-state index is 0.0157. The van der Waals surface area contributed by atoms with Crippen molar-refractivity contribution in [2.24, 2.45) is 11.8 Å². The number of amides is 2. The summed E-state index contributed by atoms with van der Waals surface area (Å²) in [6.45, 7) is 7.14. The second kappa shape index (κ2) is 10.5. The van der Waals surface area contributed by atoms with E-state index < -0.39 is 0 Å². The van der Waals surface area contributed by atoms with Gasteiger partial charge in [-0.05, 0) is 24.5 Å². The lowest BCUT2D eigenvalue weighted by Crippen LogP contribution is -2.38. The molecule has 2 amide bonds. The molecule has 0 unspecified atom stereocenters. The first-order chi connectivity index (χ1) is 15.5. The van der Waals surface area contributed by atoms with Crippen molar-refractivity contribution in [1.82, 2.24) is 25.0 Å². The van der Waals surface area contributed by atoms with Gasteiger partial charge in [-0.3, -0.25) is 9.59 Å². The fourth-order valence-corrected chi connectivity index (χ4v) is 4.94. The van der Waals surface area contributed by atoms with Gasteiger partial charge in [0, 0.05) is 37.6 Å². The molecule has 0 spiro atoms. The highest BCUT2D eigenvalue weighted by atomic mass is 32.2. The summed E-state index contributed by atoms with van der Waals surface area (Å²) in [6, 6.07) is 9.76. The van der Waals surface area contributed by atoms with Crippen LogP contribution in [0.4, 0.5) is 0 Å². The SMILES string of the molecule is CC(C)[C@H](NC(=O)[C@@H]1CCOC1)c1nnc2n1CCN(C(=O)CSc1ccccc1)CC2. The number of hydrogen-bond acceptors (Lipinski definition) is 6. The van der Waals surface area contributed by atoms with Crippen LogP contribution in [-0.2, 0) is 27.3 Å². The molecule has 1 saturated heterocycles. The van der Waals surface area contributed by atoms with Crippen molar-refractivity contribution in [2.75, 3.05) is 32.1 Å². The smallest absolute Gasteiger partial charge is 0.233 e. The van der Waals surface area contributed by atoms with E-state index >= 15 is 0 Å². The van der Waals surface area contributed by atoms with Gasteiger partial charge in [0.15, 0.2) is 5.82 Å². The number of thioether (sulfide) groups is 1. The topological polar surface area (TPSA) is 89.3 Å². The summed E-state index contributed by atoms with van der Waals surface area (Å²) in [5.74, 6) is 2.28. The number of aromatic nitrogens is 3. The second-order valence-corrected chi connectivity index (χ2v) is 9.70. The van der Waals surface area contributed by atoms with E-state index in [9.17, 15) is 9.59 Å². The van der Waals surface area contributed by atoms with Crippen molar-refractivity contribution in [3.63, 3.8) is 0 Å². The van der Waals surface area contributed by atoms with E-state index in [0.717, 1.165) is 23.0 Å². The molecular formula is C23H31N5O3S. The minimum Gasteiger partial charge on any atom is -0.381 e. The van der Waals surface area contributed by atoms with Crippen LogP contribution < -0.4 is 5.32 Å². The van der Waals surface area contributed by atoms with Gasteiger partial charge >= 0.3 is 0 Å². The lowest BCUT2D eigenvalue weighted by molar-refractivity contribution is -0.128. The number of ether oxygens (including phenoxy) is 1. The molecule has 2 aliphatic rings. The van der Waals surface area contributed by atoms with E-state index in [2.05, 4.69) is 33.9 Å². The van der Waals surface area contributed by atoms with Crippen molar-refractivity contribution in [3.8, 4) is 0 Å². The molecule has 1 aromatic heterocycles. The first-order valence-electron chi connectivity index (χ1n) is 11.3. The first kappa shape index (κ1) is 22.8. The van der Waals surface area contributed by atoms with E-state index in [4.69, 9.17) is 4.74 Å². The normalized spacial score (nSPS) is 19.5. The Hall–Kier alpha value is -2.39. The number of nitrogens with one attached hydrogen (secondary N) is 1. The summed E-state index contributed by atoms with van der Waals surface area (Å²) in [5, 5.41) is 12.0. The number of fused-ring (bicyclic) bond motifs is 1. The summed E-state index contributed by atoms with van der Waals surface area (Å²) in [5.41, 5.74) is 0. The molecule has 0 radical (unpaired) electrons. The molecule has 2 aliphatic heterocycles. The van der Waals surface area contributed by atoms with E-state index in [1.807, 2.05) is 35.2 Å². The number of hydrogen-bond donors (Lipinski definition) is 1. The average molecular weight is 458 g/mol. The third kappa shape index (κ3) is 5.32. The Morgan fingerprint density at radius 3 is 2.72 bits per heavy atom. The lowest BCUT2D eigenvalue weighted by atomic mass is 10.0. The van der Waals surface area contributed by atoms with Gasteiger partial charge in [-0.2, -0.15) is 0 Å². The molecule has 172 valence electrons. The van der Waals surface area contributed by atoms with Crippen LogP contribution >= 0.6 is 11.8 Å². The van der Waals surface area contributed by atoms with Gasteiger partial charge in [-0.15, -0.1) is 22.0 Å². The molecule has 4 rings (SSSR count). The van der Waals surface area contributed by atoms with E-state index in [-0.39, 0.29) is 29.7 Å². The number of benzene rings is 1. The van der Waals surface area contributed by atoms with Gasteiger partial charge in [-0.25, -0.2) is 0 Å². The van der Waals surface area contributed by atoms with Gasteiger partial charge in [-0.1, -0.05) is 32.0 Å². The van der Waals surface area contributed by atoms with Gasteiger partial charge in [0.05, 0.1) is 24.3 Å². The van der Waals surface area contributed by atoms with Crippen LogP contribution in [0.2, 0.25) is 0 Å². The van der Waals surface area contributed by atoms with Gasteiger partial charge in [0.2, 0.25) is 11.8 Å². The van der Waals surface area contributed by atoms with Crippen molar-refractivity contribution >= 4 is 23.6 Å². The Bertz CT molecular complexity index is 927. The Kier molecular flexibility index (Phi) is 7.47. The molecular weight excluding hydrogens is 426 g/mol. The van der Waals surface area contributed by atoms with Crippen LogP contribution in [0.3, 0.4) is 0 Å². The zero-order valence-corrected chi connectivity index (χ0v) is 19.5. The molecule has 0 bridgehead atoms.